The number of rotatable bonds is 20. The average Bonchev–Trinajstić information content (AvgIpc) is 2.78. The lowest BCUT2D eigenvalue weighted by Gasteiger charge is -2.09. The Kier molecular flexibility index (Phi) is 17.7. The second-order valence-corrected chi connectivity index (χ2v) is 8.44. The molecule has 0 radical (unpaired) electrons. The Morgan fingerprint density at radius 3 is 2.19 bits per heavy atom. The second-order valence-electron chi connectivity index (χ2n) is 8.44. The minimum absolute atomic E-state index is 0.0896. The lowest BCUT2D eigenvalue weighted by molar-refractivity contribution is -0.143. The Labute approximate surface area is 191 Å². The fraction of sp³-hybridized carbons (Fsp3) is 0.679. The van der Waals surface area contributed by atoms with Crippen LogP contribution in [0.15, 0.2) is 30.3 Å². The number of allylic oxidation sites excluding steroid dienone is 1. The molecule has 0 atom stereocenters. The van der Waals surface area contributed by atoms with Gasteiger partial charge in [-0.1, -0.05) is 102 Å². The molecule has 0 saturated heterocycles. The van der Waals surface area contributed by atoms with E-state index >= 15 is 0 Å². The van der Waals surface area contributed by atoms with Gasteiger partial charge in [0.2, 0.25) is 0 Å². The van der Waals surface area contributed by atoms with E-state index in [2.05, 4.69) is 38.1 Å². The van der Waals surface area contributed by atoms with Crippen molar-refractivity contribution in [3.63, 3.8) is 0 Å². The van der Waals surface area contributed by atoms with Crippen molar-refractivity contribution < 1.29 is 14.3 Å². The van der Waals surface area contributed by atoms with Gasteiger partial charge in [0.15, 0.2) is 0 Å². The fourth-order valence-corrected chi connectivity index (χ4v) is 3.49. The monoisotopic (exact) mass is 430 g/mol. The SMILES string of the molecule is CCCCCCCCCCCC=Cc1ccccc1OCCCCC(=O)OCCCC. The van der Waals surface area contributed by atoms with Crippen LogP contribution in [0, 0.1) is 0 Å². The largest absolute Gasteiger partial charge is 0.493 e. The van der Waals surface area contributed by atoms with Crippen molar-refractivity contribution in [1.82, 2.24) is 0 Å². The van der Waals surface area contributed by atoms with Crippen molar-refractivity contribution in [2.45, 2.75) is 110 Å². The van der Waals surface area contributed by atoms with Gasteiger partial charge in [-0.2, -0.15) is 0 Å². The summed E-state index contributed by atoms with van der Waals surface area (Å²) >= 11 is 0. The molecule has 0 unspecified atom stereocenters. The number of benzene rings is 1. The van der Waals surface area contributed by atoms with Crippen molar-refractivity contribution in [3.8, 4) is 5.75 Å². The summed E-state index contributed by atoms with van der Waals surface area (Å²) in [6, 6.07) is 8.19. The minimum Gasteiger partial charge on any atom is -0.493 e. The van der Waals surface area contributed by atoms with E-state index in [1.807, 2.05) is 12.1 Å². The van der Waals surface area contributed by atoms with Gasteiger partial charge in [-0.25, -0.2) is 0 Å². The molecule has 0 N–H and O–H groups in total. The number of unbranched alkanes of at least 4 members (excludes halogenated alkanes) is 11. The quantitative estimate of drug-likeness (QED) is 0.154. The van der Waals surface area contributed by atoms with Crippen LogP contribution in [0.1, 0.15) is 116 Å². The summed E-state index contributed by atoms with van der Waals surface area (Å²) in [6.07, 6.45) is 22.0. The van der Waals surface area contributed by atoms with Crippen LogP contribution in [-0.4, -0.2) is 19.2 Å². The third-order valence-electron chi connectivity index (χ3n) is 5.48. The Morgan fingerprint density at radius 1 is 0.774 bits per heavy atom. The molecule has 0 aromatic heterocycles. The first-order valence-corrected chi connectivity index (χ1v) is 12.8. The van der Waals surface area contributed by atoms with Crippen molar-refractivity contribution in [2.75, 3.05) is 13.2 Å². The Morgan fingerprint density at radius 2 is 1.45 bits per heavy atom. The standard InChI is InChI=1S/C28H46O3/c1-3-5-7-8-9-10-11-12-13-14-15-20-26-21-16-17-22-27(26)30-25-19-18-23-28(29)31-24-6-4-2/h15-17,20-22H,3-14,18-19,23-25H2,1-2H3. The van der Waals surface area contributed by atoms with Gasteiger partial charge in [-0.05, 0) is 38.2 Å². The van der Waals surface area contributed by atoms with Crippen LogP contribution < -0.4 is 4.74 Å². The van der Waals surface area contributed by atoms with E-state index in [0.29, 0.717) is 19.6 Å². The molecule has 31 heavy (non-hydrogen) atoms. The molecular formula is C28H46O3. The molecule has 0 aliphatic carbocycles. The summed E-state index contributed by atoms with van der Waals surface area (Å²) in [5.41, 5.74) is 1.14. The molecule has 0 spiro atoms. The predicted molar refractivity (Wildman–Crippen MR) is 133 cm³/mol. The molecule has 0 saturated carbocycles. The highest BCUT2D eigenvalue weighted by Gasteiger charge is 2.03. The van der Waals surface area contributed by atoms with Crippen LogP contribution in [0.5, 0.6) is 5.75 Å². The number of hydrogen-bond donors (Lipinski definition) is 0. The molecule has 0 aliphatic heterocycles. The number of carbonyl (C=O) groups is 1. The summed E-state index contributed by atoms with van der Waals surface area (Å²) in [6.45, 7) is 5.54. The lowest BCUT2D eigenvalue weighted by Crippen LogP contribution is -2.06. The summed E-state index contributed by atoms with van der Waals surface area (Å²) in [5.74, 6) is 0.838. The van der Waals surface area contributed by atoms with Crippen LogP contribution in [0.4, 0.5) is 0 Å². The maximum atomic E-state index is 11.6. The minimum atomic E-state index is -0.0896. The van der Waals surface area contributed by atoms with Crippen LogP contribution in [0.2, 0.25) is 0 Å². The van der Waals surface area contributed by atoms with Crippen molar-refractivity contribution in [1.29, 1.82) is 0 Å². The van der Waals surface area contributed by atoms with Gasteiger partial charge in [0.25, 0.3) is 0 Å². The van der Waals surface area contributed by atoms with Gasteiger partial charge >= 0.3 is 5.97 Å². The highest BCUT2D eigenvalue weighted by Crippen LogP contribution is 2.20. The molecule has 0 aliphatic rings. The highest BCUT2D eigenvalue weighted by molar-refractivity contribution is 5.69. The van der Waals surface area contributed by atoms with Gasteiger partial charge in [0, 0.05) is 12.0 Å². The number of esters is 1. The van der Waals surface area contributed by atoms with Gasteiger partial charge in [0.05, 0.1) is 13.2 Å². The number of ether oxygens (including phenoxy) is 2. The molecule has 3 heteroatoms. The van der Waals surface area contributed by atoms with Gasteiger partial charge in [-0.15, -0.1) is 0 Å². The predicted octanol–water partition coefficient (Wildman–Crippen LogP) is 8.51. The van der Waals surface area contributed by atoms with E-state index in [0.717, 1.165) is 43.4 Å². The molecule has 1 aromatic carbocycles. The summed E-state index contributed by atoms with van der Waals surface area (Å²) in [4.78, 5) is 11.6. The summed E-state index contributed by atoms with van der Waals surface area (Å²) in [5, 5.41) is 0. The van der Waals surface area contributed by atoms with Gasteiger partial charge < -0.3 is 9.47 Å². The molecule has 1 rings (SSSR count). The molecule has 176 valence electrons. The zero-order valence-corrected chi connectivity index (χ0v) is 20.2. The van der Waals surface area contributed by atoms with E-state index in [4.69, 9.17) is 9.47 Å². The van der Waals surface area contributed by atoms with E-state index in [-0.39, 0.29) is 5.97 Å². The first-order chi connectivity index (χ1) is 15.3. The smallest absolute Gasteiger partial charge is 0.305 e. The topological polar surface area (TPSA) is 35.5 Å². The molecule has 3 nitrogen and oxygen atoms in total. The zero-order chi connectivity index (χ0) is 22.4. The fourth-order valence-electron chi connectivity index (χ4n) is 3.49. The van der Waals surface area contributed by atoms with Crippen molar-refractivity contribution in [2.24, 2.45) is 0 Å². The Balaban J connectivity index is 2.14. The van der Waals surface area contributed by atoms with Crippen molar-refractivity contribution in [3.05, 3.63) is 35.9 Å². The molecule has 1 aromatic rings. The first-order valence-electron chi connectivity index (χ1n) is 12.8. The summed E-state index contributed by atoms with van der Waals surface area (Å²) < 4.78 is 11.1. The van der Waals surface area contributed by atoms with Gasteiger partial charge in [-0.3, -0.25) is 4.79 Å². The lowest BCUT2D eigenvalue weighted by atomic mass is 10.1. The Hall–Kier alpha value is -1.77. The third-order valence-corrected chi connectivity index (χ3v) is 5.48. The van der Waals surface area contributed by atoms with Gasteiger partial charge in [0.1, 0.15) is 5.75 Å². The summed E-state index contributed by atoms with van der Waals surface area (Å²) in [7, 11) is 0. The molecule has 0 bridgehead atoms. The average molecular weight is 431 g/mol. The third kappa shape index (κ3) is 15.6. The van der Waals surface area contributed by atoms with Crippen LogP contribution in [-0.2, 0) is 9.53 Å². The van der Waals surface area contributed by atoms with E-state index < -0.39 is 0 Å². The maximum absolute atomic E-state index is 11.6. The Bertz CT molecular complexity index is 579. The second kappa shape index (κ2) is 20.2. The molecule has 0 amide bonds. The van der Waals surface area contributed by atoms with Crippen LogP contribution >= 0.6 is 0 Å². The maximum Gasteiger partial charge on any atom is 0.305 e. The number of carbonyl (C=O) groups excluding carboxylic acids is 1. The molecule has 0 heterocycles. The molecule has 0 fully saturated rings. The highest BCUT2D eigenvalue weighted by atomic mass is 16.5. The van der Waals surface area contributed by atoms with E-state index in [1.165, 1.54) is 57.8 Å². The van der Waals surface area contributed by atoms with E-state index in [9.17, 15) is 4.79 Å². The van der Waals surface area contributed by atoms with Crippen molar-refractivity contribution >= 4 is 12.0 Å². The van der Waals surface area contributed by atoms with Crippen LogP contribution in [0.25, 0.3) is 6.08 Å². The molecular weight excluding hydrogens is 384 g/mol. The van der Waals surface area contributed by atoms with E-state index in [1.54, 1.807) is 0 Å². The normalized spacial score (nSPS) is 11.2. The number of para-hydroxylation sites is 1. The van der Waals surface area contributed by atoms with Crippen LogP contribution in [0.3, 0.4) is 0 Å². The first kappa shape index (κ1) is 27.3. The zero-order valence-electron chi connectivity index (χ0n) is 20.2. The number of hydrogen-bond acceptors (Lipinski definition) is 3.